The summed E-state index contributed by atoms with van der Waals surface area (Å²) in [6.45, 7) is 0.166. The first-order chi connectivity index (χ1) is 10.5. The number of hydrogen-bond acceptors (Lipinski definition) is 4. The number of hydrogen-bond donors (Lipinski definition) is 1. The van der Waals surface area contributed by atoms with Crippen molar-refractivity contribution in [3.8, 4) is 0 Å². The van der Waals surface area contributed by atoms with Crippen LogP contribution in [0.15, 0.2) is 50.2 Å². The van der Waals surface area contributed by atoms with Crippen molar-refractivity contribution in [2.24, 2.45) is 0 Å². The Balaban J connectivity index is 1.94. The van der Waals surface area contributed by atoms with Crippen LogP contribution in [0.4, 0.5) is 0 Å². The number of rotatable bonds is 3. The van der Waals surface area contributed by atoms with Gasteiger partial charge in [-0.05, 0) is 30.3 Å². The molecular formula is C15H9Cl2NO4. The van der Waals surface area contributed by atoms with Crippen LogP contribution in [-0.4, -0.2) is 5.91 Å². The highest BCUT2D eigenvalue weighted by atomic mass is 35.5. The van der Waals surface area contributed by atoms with Crippen molar-refractivity contribution in [3.63, 3.8) is 0 Å². The lowest BCUT2D eigenvalue weighted by atomic mass is 10.1. The zero-order valence-corrected chi connectivity index (χ0v) is 12.6. The molecule has 1 N–H and O–H groups in total. The summed E-state index contributed by atoms with van der Waals surface area (Å²) in [6.07, 6.45) is 1.50. The molecular weight excluding hydrogens is 329 g/mol. The number of carbonyl (C=O) groups excluding carboxylic acids is 1. The summed E-state index contributed by atoms with van der Waals surface area (Å²) in [5.41, 5.74) is -0.704. The molecule has 0 spiro atoms. The van der Waals surface area contributed by atoms with Crippen molar-refractivity contribution in [2.45, 2.75) is 6.54 Å². The molecule has 1 aromatic carbocycles. The van der Waals surface area contributed by atoms with Gasteiger partial charge in [-0.15, -0.1) is 0 Å². The van der Waals surface area contributed by atoms with Crippen LogP contribution in [0.2, 0.25) is 10.0 Å². The Kier molecular flexibility index (Phi) is 3.92. The Labute approximate surface area is 134 Å². The second-order valence-corrected chi connectivity index (χ2v) is 5.36. The molecule has 7 heteroatoms. The lowest BCUT2D eigenvalue weighted by molar-refractivity contribution is 0.0944. The van der Waals surface area contributed by atoms with Crippen LogP contribution < -0.4 is 10.9 Å². The SMILES string of the molecule is O=C(NCc1ccco1)c1cc2cc(Cl)cc(Cl)c2oc1=O. The van der Waals surface area contributed by atoms with E-state index in [0.29, 0.717) is 16.2 Å². The van der Waals surface area contributed by atoms with Crippen molar-refractivity contribution in [3.05, 3.63) is 68.4 Å². The molecule has 0 fully saturated rings. The van der Waals surface area contributed by atoms with Gasteiger partial charge in [0.15, 0.2) is 5.58 Å². The van der Waals surface area contributed by atoms with Crippen LogP contribution in [0.3, 0.4) is 0 Å². The summed E-state index contributed by atoms with van der Waals surface area (Å²) in [7, 11) is 0. The summed E-state index contributed by atoms with van der Waals surface area (Å²) in [5, 5.41) is 3.64. The summed E-state index contributed by atoms with van der Waals surface area (Å²) in [4.78, 5) is 24.0. The fourth-order valence-corrected chi connectivity index (χ4v) is 2.54. The molecule has 1 amide bonds. The van der Waals surface area contributed by atoms with Crippen LogP contribution in [0.25, 0.3) is 11.0 Å². The Bertz CT molecular complexity index is 900. The number of carbonyl (C=O) groups is 1. The molecule has 0 bridgehead atoms. The maximum Gasteiger partial charge on any atom is 0.349 e. The van der Waals surface area contributed by atoms with Crippen LogP contribution >= 0.6 is 23.2 Å². The Morgan fingerprint density at radius 2 is 2.05 bits per heavy atom. The quantitative estimate of drug-likeness (QED) is 0.741. The molecule has 0 unspecified atom stereocenters. The van der Waals surface area contributed by atoms with E-state index in [1.54, 1.807) is 18.2 Å². The van der Waals surface area contributed by atoms with Gasteiger partial charge in [0.1, 0.15) is 11.3 Å². The van der Waals surface area contributed by atoms with E-state index in [2.05, 4.69) is 5.32 Å². The van der Waals surface area contributed by atoms with E-state index in [9.17, 15) is 9.59 Å². The van der Waals surface area contributed by atoms with Crippen molar-refractivity contribution in [1.82, 2.24) is 5.32 Å². The minimum atomic E-state index is -0.770. The van der Waals surface area contributed by atoms with Crippen molar-refractivity contribution in [1.29, 1.82) is 0 Å². The highest BCUT2D eigenvalue weighted by molar-refractivity contribution is 6.38. The second kappa shape index (κ2) is 5.87. The van der Waals surface area contributed by atoms with Crippen LogP contribution in [0.1, 0.15) is 16.1 Å². The van der Waals surface area contributed by atoms with Crippen molar-refractivity contribution < 1.29 is 13.6 Å². The zero-order chi connectivity index (χ0) is 15.7. The molecule has 0 saturated heterocycles. The molecule has 0 aliphatic heterocycles. The van der Waals surface area contributed by atoms with Gasteiger partial charge >= 0.3 is 5.63 Å². The second-order valence-electron chi connectivity index (χ2n) is 4.52. The first-order valence-corrected chi connectivity index (χ1v) is 7.03. The predicted octanol–water partition coefficient (Wildman–Crippen LogP) is 3.62. The number of benzene rings is 1. The van der Waals surface area contributed by atoms with Crippen LogP contribution in [-0.2, 0) is 6.54 Å². The number of amides is 1. The average Bonchev–Trinajstić information content (AvgIpc) is 2.98. The minimum absolute atomic E-state index is 0.127. The topological polar surface area (TPSA) is 72.5 Å². The van der Waals surface area contributed by atoms with E-state index in [0.717, 1.165) is 0 Å². The third kappa shape index (κ3) is 2.86. The molecule has 3 aromatic rings. The van der Waals surface area contributed by atoms with Crippen molar-refractivity contribution in [2.75, 3.05) is 0 Å². The molecule has 0 saturated carbocycles. The third-order valence-corrected chi connectivity index (χ3v) is 3.50. The lowest BCUT2D eigenvalue weighted by Gasteiger charge is -2.05. The summed E-state index contributed by atoms with van der Waals surface area (Å²) in [5.74, 6) is 0.00719. The maximum atomic E-state index is 12.1. The molecule has 0 aliphatic carbocycles. The molecule has 22 heavy (non-hydrogen) atoms. The Morgan fingerprint density at radius 1 is 1.23 bits per heavy atom. The molecule has 2 heterocycles. The Morgan fingerprint density at radius 3 is 2.77 bits per heavy atom. The number of furan rings is 1. The smallest absolute Gasteiger partial charge is 0.349 e. The molecule has 5 nitrogen and oxygen atoms in total. The van der Waals surface area contributed by atoms with Crippen LogP contribution in [0, 0.1) is 0 Å². The molecule has 2 aromatic heterocycles. The van der Waals surface area contributed by atoms with Gasteiger partial charge in [-0.2, -0.15) is 0 Å². The van der Waals surface area contributed by atoms with E-state index in [4.69, 9.17) is 32.0 Å². The maximum absolute atomic E-state index is 12.1. The monoisotopic (exact) mass is 337 g/mol. The van der Waals surface area contributed by atoms with Gasteiger partial charge in [0, 0.05) is 10.4 Å². The molecule has 0 atom stereocenters. The van der Waals surface area contributed by atoms with E-state index in [1.165, 1.54) is 18.4 Å². The molecule has 0 aliphatic rings. The fraction of sp³-hybridized carbons (Fsp3) is 0.0667. The largest absolute Gasteiger partial charge is 0.467 e. The fourth-order valence-electron chi connectivity index (χ4n) is 1.99. The van der Waals surface area contributed by atoms with Gasteiger partial charge in [0.2, 0.25) is 0 Å². The highest BCUT2D eigenvalue weighted by Crippen LogP contribution is 2.27. The van der Waals surface area contributed by atoms with E-state index in [-0.39, 0.29) is 22.7 Å². The minimum Gasteiger partial charge on any atom is -0.467 e. The average molecular weight is 338 g/mol. The van der Waals surface area contributed by atoms with Gasteiger partial charge in [-0.1, -0.05) is 23.2 Å². The number of nitrogens with one attached hydrogen (secondary N) is 1. The molecule has 0 radical (unpaired) electrons. The summed E-state index contributed by atoms with van der Waals surface area (Å²) in [6, 6.07) is 7.84. The standard InChI is InChI=1S/C15H9Cl2NO4/c16-9-4-8-5-11(15(20)22-13(8)12(17)6-9)14(19)18-7-10-2-1-3-21-10/h1-6H,7H2,(H,18,19). The Hall–Kier alpha value is -2.24. The van der Waals surface area contributed by atoms with Gasteiger partial charge in [0.05, 0.1) is 17.8 Å². The van der Waals surface area contributed by atoms with E-state index < -0.39 is 11.5 Å². The number of halogens is 2. The van der Waals surface area contributed by atoms with Gasteiger partial charge in [0.25, 0.3) is 5.91 Å². The predicted molar refractivity (Wildman–Crippen MR) is 82.4 cm³/mol. The van der Waals surface area contributed by atoms with Gasteiger partial charge in [-0.3, -0.25) is 4.79 Å². The lowest BCUT2D eigenvalue weighted by Crippen LogP contribution is -2.27. The first-order valence-electron chi connectivity index (χ1n) is 6.28. The summed E-state index contributed by atoms with van der Waals surface area (Å²) >= 11 is 11.9. The summed E-state index contributed by atoms with van der Waals surface area (Å²) < 4.78 is 10.2. The van der Waals surface area contributed by atoms with Crippen LogP contribution in [0.5, 0.6) is 0 Å². The third-order valence-electron chi connectivity index (χ3n) is 3.00. The normalized spacial score (nSPS) is 10.8. The van der Waals surface area contributed by atoms with Gasteiger partial charge < -0.3 is 14.2 Å². The molecule has 112 valence electrons. The van der Waals surface area contributed by atoms with Gasteiger partial charge in [-0.25, -0.2) is 4.79 Å². The first kappa shape index (κ1) is 14.7. The highest BCUT2D eigenvalue weighted by Gasteiger charge is 2.15. The van der Waals surface area contributed by atoms with Crippen molar-refractivity contribution >= 4 is 40.1 Å². The molecule has 3 rings (SSSR count). The zero-order valence-electron chi connectivity index (χ0n) is 11.1. The number of fused-ring (bicyclic) bond motifs is 1. The van der Waals surface area contributed by atoms with E-state index >= 15 is 0 Å². The van der Waals surface area contributed by atoms with E-state index in [1.807, 2.05) is 0 Å².